The molecule has 4 unspecified atom stereocenters. The molecule has 0 aromatic carbocycles. The molecular formula is C22H44N2O8P2+4. The zero-order valence-electron chi connectivity index (χ0n) is 21.5. The van der Waals surface area contributed by atoms with Crippen LogP contribution in [0, 0.1) is 0 Å². The van der Waals surface area contributed by atoms with Gasteiger partial charge in [0.1, 0.15) is 26.3 Å². The van der Waals surface area contributed by atoms with Crippen molar-refractivity contribution in [3.63, 3.8) is 0 Å². The van der Waals surface area contributed by atoms with Gasteiger partial charge in [-0.1, -0.05) is 9.13 Å². The minimum atomic E-state index is -1.67. The highest BCUT2D eigenvalue weighted by Crippen LogP contribution is 2.31. The summed E-state index contributed by atoms with van der Waals surface area (Å²) in [6.07, 6.45) is 3.27. The van der Waals surface area contributed by atoms with Crippen molar-refractivity contribution in [2.45, 2.75) is 24.2 Å². The van der Waals surface area contributed by atoms with Crippen LogP contribution in [0.4, 0.5) is 0 Å². The van der Waals surface area contributed by atoms with Crippen LogP contribution in [-0.4, -0.2) is 137 Å². The number of aliphatic hydroxyl groups is 2. The molecule has 0 radical (unpaired) electrons. The second-order valence-electron chi connectivity index (χ2n) is 10.2. The molecule has 0 spiro atoms. The maximum Gasteiger partial charge on any atom is 0.351 e. The van der Waals surface area contributed by atoms with Crippen molar-refractivity contribution in [3.8, 4) is 0 Å². The Labute approximate surface area is 205 Å². The smallest absolute Gasteiger partial charge is 0.351 e. The van der Waals surface area contributed by atoms with E-state index in [1.165, 1.54) is 0 Å². The molecule has 0 heterocycles. The minimum Gasteiger partial charge on any atom is -0.458 e. The van der Waals surface area contributed by atoms with E-state index < -0.39 is 38.9 Å². The lowest BCUT2D eigenvalue weighted by molar-refractivity contribution is -0.867. The van der Waals surface area contributed by atoms with Crippen LogP contribution in [0.3, 0.4) is 0 Å². The van der Waals surface area contributed by atoms with Crippen LogP contribution >= 0.6 is 15.6 Å². The number of carbonyl (C=O) groups excluding carboxylic acids is 2. The Bertz CT molecular complexity index is 644. The first-order chi connectivity index (χ1) is 15.7. The number of esters is 2. The molecule has 0 fully saturated rings. The number of hydrogen-bond donors (Lipinski definition) is 2. The molecule has 2 N–H and O–H groups in total. The van der Waals surface area contributed by atoms with Gasteiger partial charge in [0, 0.05) is 38.2 Å². The SMILES string of the molecule is C[N+](C)(C)CC[P+](=O)C(CCO)COC(=O)/C=C\C(=O)OCC(CCO)[P+](=O)CC[N+](C)(C)C. The Hall–Kier alpha value is -1.28. The summed E-state index contributed by atoms with van der Waals surface area (Å²) in [5, 5.41) is 18.4. The van der Waals surface area contributed by atoms with Crippen LogP contribution < -0.4 is 0 Å². The highest BCUT2D eigenvalue weighted by Gasteiger charge is 2.33. The molecule has 12 heteroatoms. The molecule has 10 nitrogen and oxygen atoms in total. The van der Waals surface area contributed by atoms with E-state index in [2.05, 4.69) is 0 Å². The average molecular weight is 527 g/mol. The van der Waals surface area contributed by atoms with Crippen LogP contribution in [0.1, 0.15) is 12.8 Å². The zero-order valence-corrected chi connectivity index (χ0v) is 23.3. The third-order valence-corrected chi connectivity index (χ3v) is 8.64. The van der Waals surface area contributed by atoms with Crippen molar-refractivity contribution in [3.05, 3.63) is 12.2 Å². The lowest BCUT2D eigenvalue weighted by Gasteiger charge is -2.21. The predicted octanol–water partition coefficient (Wildman–Crippen LogP) is 1.20. The molecule has 0 saturated carbocycles. The van der Waals surface area contributed by atoms with E-state index in [9.17, 15) is 28.9 Å². The van der Waals surface area contributed by atoms with E-state index in [0.29, 0.717) is 34.4 Å². The van der Waals surface area contributed by atoms with E-state index in [1.54, 1.807) is 0 Å². The first kappa shape index (κ1) is 32.7. The average Bonchev–Trinajstić information content (AvgIpc) is 2.73. The number of ether oxygens (including phenoxy) is 2. The normalized spacial score (nSPS) is 15.1. The molecular weight excluding hydrogens is 482 g/mol. The van der Waals surface area contributed by atoms with Gasteiger partial charge in [-0.2, -0.15) is 0 Å². The third-order valence-electron chi connectivity index (χ3n) is 4.91. The lowest BCUT2D eigenvalue weighted by atomic mass is 10.3. The Morgan fingerprint density at radius 1 is 0.735 bits per heavy atom. The minimum absolute atomic E-state index is 0.115. The Kier molecular flexibility index (Phi) is 15.8. The van der Waals surface area contributed by atoms with Gasteiger partial charge in [0.2, 0.25) is 0 Å². The van der Waals surface area contributed by atoms with Crippen LogP contribution in [0.15, 0.2) is 12.2 Å². The number of rotatable bonds is 18. The highest BCUT2D eigenvalue weighted by atomic mass is 31.1. The summed E-state index contributed by atoms with van der Waals surface area (Å²) in [7, 11) is 8.60. The van der Waals surface area contributed by atoms with Crippen LogP contribution in [0.2, 0.25) is 0 Å². The number of quaternary nitrogens is 2. The van der Waals surface area contributed by atoms with E-state index in [0.717, 1.165) is 12.2 Å². The summed E-state index contributed by atoms with van der Waals surface area (Å²) in [6, 6.07) is 0. The van der Waals surface area contributed by atoms with E-state index in [-0.39, 0.29) is 39.3 Å². The summed E-state index contributed by atoms with van der Waals surface area (Å²) in [5.41, 5.74) is -0.920. The number of carbonyl (C=O) groups is 2. The van der Waals surface area contributed by atoms with Crippen LogP contribution in [-0.2, 0) is 28.2 Å². The van der Waals surface area contributed by atoms with Crippen molar-refractivity contribution < 1.29 is 47.4 Å². The molecule has 0 aromatic heterocycles. The summed E-state index contributed by atoms with van der Waals surface area (Å²) >= 11 is 0. The van der Waals surface area contributed by atoms with E-state index in [4.69, 9.17) is 9.47 Å². The first-order valence-electron chi connectivity index (χ1n) is 11.4. The molecule has 196 valence electrons. The van der Waals surface area contributed by atoms with E-state index in [1.807, 2.05) is 42.3 Å². The molecule has 0 aliphatic rings. The maximum atomic E-state index is 12.5. The Morgan fingerprint density at radius 3 is 1.32 bits per heavy atom. The molecule has 0 rings (SSSR count). The van der Waals surface area contributed by atoms with Gasteiger partial charge < -0.3 is 28.7 Å². The molecule has 0 bridgehead atoms. The lowest BCUT2D eigenvalue weighted by Crippen LogP contribution is -2.37. The Morgan fingerprint density at radius 2 is 1.06 bits per heavy atom. The fraction of sp³-hybridized carbons (Fsp3) is 0.818. The highest BCUT2D eigenvalue weighted by molar-refractivity contribution is 7.45. The summed E-state index contributed by atoms with van der Waals surface area (Å²) in [6.45, 7) is 0.820. The van der Waals surface area contributed by atoms with Gasteiger partial charge in [0.05, 0.1) is 42.3 Å². The van der Waals surface area contributed by atoms with Crippen molar-refractivity contribution in [1.82, 2.24) is 0 Å². The van der Waals surface area contributed by atoms with Gasteiger partial charge in [-0.15, -0.1) is 0 Å². The van der Waals surface area contributed by atoms with Crippen molar-refractivity contribution in [2.24, 2.45) is 0 Å². The van der Waals surface area contributed by atoms with Gasteiger partial charge in [-0.05, 0) is 0 Å². The van der Waals surface area contributed by atoms with Crippen molar-refractivity contribution in [2.75, 3.05) is 94.1 Å². The first-order valence-corrected chi connectivity index (χ1v) is 14.4. The van der Waals surface area contributed by atoms with Gasteiger partial charge in [0.15, 0.2) is 23.6 Å². The summed E-state index contributed by atoms with van der Waals surface area (Å²) < 4.78 is 36.6. The predicted molar refractivity (Wildman–Crippen MR) is 133 cm³/mol. The quantitative estimate of drug-likeness (QED) is 0.118. The largest absolute Gasteiger partial charge is 0.458 e. The molecule has 0 aliphatic carbocycles. The fourth-order valence-corrected chi connectivity index (χ4v) is 6.28. The molecule has 0 saturated heterocycles. The third kappa shape index (κ3) is 17.2. The van der Waals surface area contributed by atoms with Crippen LogP contribution in [0.5, 0.6) is 0 Å². The molecule has 0 aromatic rings. The molecule has 34 heavy (non-hydrogen) atoms. The topological polar surface area (TPSA) is 127 Å². The summed E-state index contributed by atoms with van der Waals surface area (Å²) in [4.78, 5) is 23.9. The second-order valence-corrected chi connectivity index (χ2v) is 14.3. The standard InChI is InChI=1S/C22H44N2O8P2/c1-23(2,3)11-15-33(29)19(9-13-25)17-31-21(27)7-8-22(28)32-18-20(10-14-26)34(30)16-12-24(4,5)6/h7-8,19-20,25-26H,9-18H2,1-6H3/q+4/b8-7-. The second kappa shape index (κ2) is 16.4. The Balaban J connectivity index is 4.63. The maximum absolute atomic E-state index is 12.5. The monoisotopic (exact) mass is 526 g/mol. The summed E-state index contributed by atoms with van der Waals surface area (Å²) in [5.74, 6) is -1.56. The van der Waals surface area contributed by atoms with E-state index >= 15 is 0 Å². The van der Waals surface area contributed by atoms with Gasteiger partial charge >= 0.3 is 27.5 Å². The zero-order chi connectivity index (χ0) is 26.4. The molecule has 0 amide bonds. The fourth-order valence-electron chi connectivity index (χ4n) is 2.67. The van der Waals surface area contributed by atoms with Gasteiger partial charge in [-0.25, -0.2) is 9.59 Å². The number of hydrogen-bond acceptors (Lipinski definition) is 8. The molecule has 4 atom stereocenters. The van der Waals surface area contributed by atoms with Crippen LogP contribution in [0.25, 0.3) is 0 Å². The van der Waals surface area contributed by atoms with Gasteiger partial charge in [0.25, 0.3) is 0 Å². The van der Waals surface area contributed by atoms with Crippen molar-refractivity contribution >= 4 is 27.5 Å². The van der Waals surface area contributed by atoms with Crippen molar-refractivity contribution in [1.29, 1.82) is 0 Å². The molecule has 0 aliphatic heterocycles. The van der Waals surface area contributed by atoms with Gasteiger partial charge in [-0.3, -0.25) is 0 Å². The number of aliphatic hydroxyl groups excluding tert-OH is 2. The number of nitrogens with zero attached hydrogens (tertiary/aromatic N) is 2.